The molecule has 0 unspecified atom stereocenters. The van der Waals surface area contributed by atoms with Crippen LogP contribution >= 0.6 is 11.6 Å². The van der Waals surface area contributed by atoms with Crippen molar-refractivity contribution in [3.05, 3.63) is 101 Å². The normalized spacial score (nSPS) is 11.5. The molecule has 1 heterocycles. The summed E-state index contributed by atoms with van der Waals surface area (Å²) in [5.74, 6) is -0.369. The smallest absolute Gasteiger partial charge is 0.256 e. The Labute approximate surface area is 213 Å². The molecular formula is C28H22ClN3O3S. The number of carbonyl (C=O) groups is 1. The Morgan fingerprint density at radius 3 is 2.50 bits per heavy atom. The van der Waals surface area contributed by atoms with Crippen LogP contribution in [0.5, 0.6) is 0 Å². The van der Waals surface area contributed by atoms with Gasteiger partial charge in [-0.25, -0.2) is 8.42 Å². The number of para-hydroxylation sites is 1. The van der Waals surface area contributed by atoms with Crippen molar-refractivity contribution in [1.29, 1.82) is 0 Å². The van der Waals surface area contributed by atoms with Gasteiger partial charge < -0.3 is 5.32 Å². The summed E-state index contributed by atoms with van der Waals surface area (Å²) in [6, 6.07) is 25.1. The van der Waals surface area contributed by atoms with E-state index in [-0.39, 0.29) is 10.8 Å². The van der Waals surface area contributed by atoms with Gasteiger partial charge in [-0.1, -0.05) is 59.6 Å². The van der Waals surface area contributed by atoms with Gasteiger partial charge in [0.1, 0.15) is 5.69 Å². The Kier molecular flexibility index (Phi) is 6.12. The summed E-state index contributed by atoms with van der Waals surface area (Å²) in [5, 5.41) is 11.8. The number of aromatic nitrogens is 2. The topological polar surface area (TPSA) is 91.9 Å². The number of hydrogen-bond acceptors (Lipinski definition) is 4. The second-order valence-corrected chi connectivity index (χ2v) is 11.0. The summed E-state index contributed by atoms with van der Waals surface area (Å²) in [7, 11) is -3.45. The van der Waals surface area contributed by atoms with Crippen LogP contribution in [-0.4, -0.2) is 30.8 Å². The molecule has 6 nitrogen and oxygen atoms in total. The second kappa shape index (κ2) is 9.26. The highest BCUT2D eigenvalue weighted by Crippen LogP contribution is 2.34. The van der Waals surface area contributed by atoms with Gasteiger partial charge >= 0.3 is 0 Å². The number of sulfone groups is 1. The van der Waals surface area contributed by atoms with E-state index < -0.39 is 9.84 Å². The molecule has 0 bridgehead atoms. The highest BCUT2D eigenvalue weighted by molar-refractivity contribution is 7.90. The third-order valence-electron chi connectivity index (χ3n) is 5.94. The SMILES string of the molecule is Cc1cccc(-c2cc(S(C)(=O)=O)ccc2C(=O)Nc2ccc(Cl)c(-c3n[nH]c4ccccc34)c2)c1. The zero-order valence-corrected chi connectivity index (χ0v) is 21.1. The van der Waals surface area contributed by atoms with Gasteiger partial charge in [-0.3, -0.25) is 9.89 Å². The zero-order valence-electron chi connectivity index (χ0n) is 19.5. The van der Waals surface area contributed by atoms with Crippen LogP contribution in [0, 0.1) is 6.92 Å². The Morgan fingerprint density at radius 2 is 1.72 bits per heavy atom. The number of hydrogen-bond donors (Lipinski definition) is 2. The van der Waals surface area contributed by atoms with E-state index in [4.69, 9.17) is 11.6 Å². The monoisotopic (exact) mass is 515 g/mol. The predicted molar refractivity (Wildman–Crippen MR) is 144 cm³/mol. The lowest BCUT2D eigenvalue weighted by molar-refractivity contribution is 0.102. The number of aromatic amines is 1. The van der Waals surface area contributed by atoms with E-state index in [0.29, 0.717) is 33.1 Å². The molecule has 0 radical (unpaired) electrons. The fraction of sp³-hybridized carbons (Fsp3) is 0.0714. The lowest BCUT2D eigenvalue weighted by Crippen LogP contribution is -2.14. The zero-order chi connectivity index (χ0) is 25.4. The number of carbonyl (C=O) groups excluding carboxylic acids is 1. The molecule has 1 amide bonds. The Morgan fingerprint density at radius 1 is 0.917 bits per heavy atom. The lowest BCUT2D eigenvalue weighted by atomic mass is 9.97. The molecule has 5 rings (SSSR count). The highest BCUT2D eigenvalue weighted by Gasteiger charge is 2.19. The summed E-state index contributed by atoms with van der Waals surface area (Å²) >= 11 is 6.50. The van der Waals surface area contributed by atoms with Crippen molar-refractivity contribution in [3.8, 4) is 22.4 Å². The van der Waals surface area contributed by atoms with E-state index in [9.17, 15) is 13.2 Å². The van der Waals surface area contributed by atoms with Crippen molar-refractivity contribution in [3.63, 3.8) is 0 Å². The first-order valence-electron chi connectivity index (χ1n) is 11.2. The quantitative estimate of drug-likeness (QED) is 0.279. The first-order chi connectivity index (χ1) is 17.2. The van der Waals surface area contributed by atoms with Crippen molar-refractivity contribution in [2.24, 2.45) is 0 Å². The van der Waals surface area contributed by atoms with Crippen molar-refractivity contribution >= 4 is 43.9 Å². The molecule has 0 aliphatic carbocycles. The third-order valence-corrected chi connectivity index (χ3v) is 7.38. The summed E-state index contributed by atoms with van der Waals surface area (Å²) in [6.45, 7) is 1.94. The average Bonchev–Trinajstić information content (AvgIpc) is 3.28. The van der Waals surface area contributed by atoms with Crippen LogP contribution < -0.4 is 5.32 Å². The molecule has 0 saturated heterocycles. The summed E-state index contributed by atoms with van der Waals surface area (Å²) in [4.78, 5) is 13.6. The molecule has 4 aromatic carbocycles. The van der Waals surface area contributed by atoms with E-state index in [2.05, 4.69) is 15.5 Å². The highest BCUT2D eigenvalue weighted by atomic mass is 35.5. The van der Waals surface area contributed by atoms with Crippen molar-refractivity contribution in [2.45, 2.75) is 11.8 Å². The van der Waals surface area contributed by atoms with Gasteiger partial charge in [0.2, 0.25) is 0 Å². The van der Waals surface area contributed by atoms with Gasteiger partial charge in [-0.15, -0.1) is 0 Å². The van der Waals surface area contributed by atoms with Gasteiger partial charge in [0.15, 0.2) is 9.84 Å². The lowest BCUT2D eigenvalue weighted by Gasteiger charge is -2.14. The van der Waals surface area contributed by atoms with Gasteiger partial charge in [0.05, 0.1) is 15.4 Å². The minimum absolute atomic E-state index is 0.148. The molecule has 180 valence electrons. The summed E-state index contributed by atoms with van der Waals surface area (Å²) < 4.78 is 24.4. The fourth-order valence-corrected chi connectivity index (χ4v) is 5.01. The van der Waals surface area contributed by atoms with Crippen LogP contribution in [-0.2, 0) is 9.84 Å². The van der Waals surface area contributed by atoms with Crippen LogP contribution in [0.4, 0.5) is 5.69 Å². The van der Waals surface area contributed by atoms with Crippen LogP contribution in [0.3, 0.4) is 0 Å². The minimum Gasteiger partial charge on any atom is -0.322 e. The standard InChI is InChI=1S/C28H22ClN3O3S/c1-17-6-5-7-18(14-17)23-16-20(36(2,34)35)11-12-21(23)28(33)30-19-10-13-25(29)24(15-19)27-22-8-3-4-9-26(22)31-32-27/h3-16H,1-2H3,(H,30,33)(H,31,32). The molecule has 0 saturated carbocycles. The van der Waals surface area contributed by atoms with Crippen LogP contribution in [0.2, 0.25) is 5.02 Å². The molecule has 2 N–H and O–H groups in total. The molecular weight excluding hydrogens is 494 g/mol. The number of H-pyrrole nitrogens is 1. The maximum absolute atomic E-state index is 13.4. The first kappa shape index (κ1) is 23.8. The van der Waals surface area contributed by atoms with Gasteiger partial charge in [0.25, 0.3) is 5.91 Å². The molecule has 0 aliphatic rings. The van der Waals surface area contributed by atoms with Crippen LogP contribution in [0.1, 0.15) is 15.9 Å². The molecule has 5 aromatic rings. The van der Waals surface area contributed by atoms with Gasteiger partial charge in [-0.2, -0.15) is 5.10 Å². The van der Waals surface area contributed by atoms with E-state index in [0.717, 1.165) is 28.3 Å². The first-order valence-corrected chi connectivity index (χ1v) is 13.4. The predicted octanol–water partition coefficient (Wildman–Crippen LogP) is 6.51. The number of amides is 1. The number of anilines is 1. The fourth-order valence-electron chi connectivity index (χ4n) is 4.16. The summed E-state index contributed by atoms with van der Waals surface area (Å²) in [5.41, 5.74) is 5.42. The minimum atomic E-state index is -3.45. The van der Waals surface area contributed by atoms with E-state index in [1.807, 2.05) is 55.5 Å². The molecule has 0 aliphatic heterocycles. The number of aryl methyl sites for hydroxylation is 1. The molecule has 0 spiro atoms. The maximum Gasteiger partial charge on any atom is 0.256 e. The van der Waals surface area contributed by atoms with Gasteiger partial charge in [0, 0.05) is 28.5 Å². The van der Waals surface area contributed by atoms with Crippen molar-refractivity contribution in [1.82, 2.24) is 10.2 Å². The van der Waals surface area contributed by atoms with Crippen molar-refractivity contribution in [2.75, 3.05) is 11.6 Å². The average molecular weight is 516 g/mol. The Hall–Kier alpha value is -3.94. The largest absolute Gasteiger partial charge is 0.322 e. The van der Waals surface area contributed by atoms with Crippen LogP contribution in [0.25, 0.3) is 33.3 Å². The van der Waals surface area contributed by atoms with E-state index in [1.165, 1.54) is 6.07 Å². The number of benzene rings is 4. The third kappa shape index (κ3) is 4.63. The van der Waals surface area contributed by atoms with E-state index >= 15 is 0 Å². The number of fused-ring (bicyclic) bond motifs is 1. The number of nitrogens with one attached hydrogen (secondary N) is 2. The Balaban J connectivity index is 1.55. The molecule has 0 atom stereocenters. The molecule has 0 fully saturated rings. The van der Waals surface area contributed by atoms with Crippen LogP contribution in [0.15, 0.2) is 89.8 Å². The van der Waals surface area contributed by atoms with E-state index in [1.54, 1.807) is 30.3 Å². The second-order valence-electron chi connectivity index (χ2n) is 8.62. The number of nitrogens with zero attached hydrogens (tertiary/aromatic N) is 1. The van der Waals surface area contributed by atoms with Crippen molar-refractivity contribution < 1.29 is 13.2 Å². The Bertz CT molecular complexity index is 1740. The molecule has 8 heteroatoms. The van der Waals surface area contributed by atoms with Gasteiger partial charge in [-0.05, 0) is 60.5 Å². The summed E-state index contributed by atoms with van der Waals surface area (Å²) in [6.07, 6.45) is 1.15. The number of rotatable bonds is 5. The molecule has 36 heavy (non-hydrogen) atoms. The number of halogens is 1. The molecule has 1 aromatic heterocycles. The maximum atomic E-state index is 13.4.